The molecule has 1 saturated heterocycles. The van der Waals surface area contributed by atoms with E-state index in [9.17, 15) is 9.59 Å². The van der Waals surface area contributed by atoms with Gasteiger partial charge in [0.25, 0.3) is 11.8 Å². The van der Waals surface area contributed by atoms with Crippen LogP contribution in [0.2, 0.25) is 5.02 Å². The van der Waals surface area contributed by atoms with Crippen molar-refractivity contribution >= 4 is 40.0 Å². The van der Waals surface area contributed by atoms with Gasteiger partial charge in [0.2, 0.25) is 0 Å². The van der Waals surface area contributed by atoms with Crippen LogP contribution in [0, 0.1) is 24.6 Å². The summed E-state index contributed by atoms with van der Waals surface area (Å²) >= 11 is 6.45. The number of halogens is 2. The number of amides is 2. The minimum absolute atomic E-state index is 0.0533. The number of anilines is 1. The predicted octanol–water partition coefficient (Wildman–Crippen LogP) is 2.87. The van der Waals surface area contributed by atoms with Crippen molar-refractivity contribution in [2.24, 2.45) is 5.73 Å². The number of carbonyl (C=O) groups is 2. The number of hydrogen-bond donors (Lipinski definition) is 3. The van der Waals surface area contributed by atoms with Crippen LogP contribution < -0.4 is 16.0 Å². The Kier molecular flexibility index (Phi) is 5.26. The maximum atomic E-state index is 15.1. The number of hydrogen-bond acceptors (Lipinski definition) is 3. The van der Waals surface area contributed by atoms with E-state index in [-0.39, 0.29) is 11.5 Å². The highest BCUT2D eigenvalue weighted by Gasteiger charge is 2.35. The van der Waals surface area contributed by atoms with Crippen LogP contribution in [0.1, 0.15) is 42.7 Å². The first kappa shape index (κ1) is 20.0. The number of aromatic nitrogens is 1. The molecule has 0 aliphatic carbocycles. The molecule has 148 valence electrons. The Morgan fingerprint density at radius 1 is 1.46 bits per heavy atom. The van der Waals surface area contributed by atoms with Crippen LogP contribution in [0.4, 0.5) is 10.1 Å². The molecule has 1 fully saturated rings. The molecule has 0 spiro atoms. The Bertz CT molecular complexity index is 1040. The molecule has 0 unspecified atom stereocenters. The Hall–Kier alpha value is -2.72. The molecule has 8 heteroatoms. The van der Waals surface area contributed by atoms with Gasteiger partial charge in [-0.1, -0.05) is 17.5 Å². The van der Waals surface area contributed by atoms with Gasteiger partial charge in [0.15, 0.2) is 0 Å². The summed E-state index contributed by atoms with van der Waals surface area (Å²) in [5.74, 6) is 3.38. The molecule has 28 heavy (non-hydrogen) atoms. The zero-order chi connectivity index (χ0) is 20.6. The van der Waals surface area contributed by atoms with Crippen LogP contribution in [0.3, 0.4) is 0 Å². The van der Waals surface area contributed by atoms with Crippen molar-refractivity contribution in [2.45, 2.75) is 39.2 Å². The number of benzene rings is 1. The lowest BCUT2D eigenvalue weighted by atomic mass is 9.90. The molecule has 1 atom stereocenters. The highest BCUT2D eigenvalue weighted by Crippen LogP contribution is 2.40. The SMILES string of the molecule is CC#CC(=O)N[C@@]1(C)CCCN(c2c(F)cc(C(N)=O)c3[nH]c(C)c(Cl)c23)C1. The van der Waals surface area contributed by atoms with E-state index in [1.54, 1.807) is 13.8 Å². The van der Waals surface area contributed by atoms with Crippen LogP contribution in [0.15, 0.2) is 6.07 Å². The summed E-state index contributed by atoms with van der Waals surface area (Å²) in [6.07, 6.45) is 1.49. The lowest BCUT2D eigenvalue weighted by Crippen LogP contribution is -2.57. The fraction of sp³-hybridized carbons (Fsp3) is 0.400. The van der Waals surface area contributed by atoms with E-state index in [2.05, 4.69) is 22.1 Å². The maximum absolute atomic E-state index is 15.1. The van der Waals surface area contributed by atoms with E-state index in [0.717, 1.165) is 18.9 Å². The van der Waals surface area contributed by atoms with Gasteiger partial charge in [0, 0.05) is 24.2 Å². The molecular formula is C20H22ClFN4O2. The van der Waals surface area contributed by atoms with Crippen molar-refractivity contribution in [1.29, 1.82) is 0 Å². The highest BCUT2D eigenvalue weighted by atomic mass is 35.5. The minimum Gasteiger partial charge on any atom is -0.366 e. The van der Waals surface area contributed by atoms with Crippen molar-refractivity contribution in [2.75, 3.05) is 18.0 Å². The number of fused-ring (bicyclic) bond motifs is 1. The normalized spacial score (nSPS) is 19.2. The molecule has 2 heterocycles. The second-order valence-electron chi connectivity index (χ2n) is 7.35. The van der Waals surface area contributed by atoms with E-state index >= 15 is 4.39 Å². The molecule has 4 N–H and O–H groups in total. The summed E-state index contributed by atoms with van der Waals surface area (Å²) in [5.41, 5.74) is 6.24. The van der Waals surface area contributed by atoms with Crippen LogP contribution >= 0.6 is 11.6 Å². The van der Waals surface area contributed by atoms with Crippen LogP contribution in [0.25, 0.3) is 10.9 Å². The molecule has 6 nitrogen and oxygen atoms in total. The van der Waals surface area contributed by atoms with Crippen molar-refractivity contribution in [3.63, 3.8) is 0 Å². The van der Waals surface area contributed by atoms with Crippen LogP contribution in [-0.2, 0) is 4.79 Å². The molecule has 2 amide bonds. The number of rotatable bonds is 3. The zero-order valence-corrected chi connectivity index (χ0v) is 16.8. The van der Waals surface area contributed by atoms with E-state index in [1.807, 2.05) is 11.8 Å². The number of aromatic amines is 1. The smallest absolute Gasteiger partial charge is 0.296 e. The van der Waals surface area contributed by atoms with Gasteiger partial charge in [-0.25, -0.2) is 4.39 Å². The Morgan fingerprint density at radius 3 is 2.82 bits per heavy atom. The van der Waals surface area contributed by atoms with E-state index in [1.165, 1.54) is 0 Å². The molecule has 1 aliphatic rings. The number of carbonyl (C=O) groups excluding carboxylic acids is 2. The third-order valence-electron chi connectivity index (χ3n) is 5.05. The number of H-pyrrole nitrogens is 1. The third-order valence-corrected chi connectivity index (χ3v) is 5.52. The molecule has 1 aromatic carbocycles. The standard InChI is InChI=1S/C20H22ClFN4O2/c1-4-6-14(27)25-20(3)7-5-8-26(10-20)18-13(22)9-12(19(23)28)17-15(18)16(21)11(2)24-17/h9,24H,5,7-8,10H2,1-3H3,(H2,23,28)(H,25,27)/t20-/m0/s1. The lowest BCUT2D eigenvalue weighted by Gasteiger charge is -2.42. The van der Waals surface area contributed by atoms with E-state index in [0.29, 0.717) is 40.4 Å². The highest BCUT2D eigenvalue weighted by molar-refractivity contribution is 6.38. The summed E-state index contributed by atoms with van der Waals surface area (Å²) in [5, 5.41) is 3.70. The summed E-state index contributed by atoms with van der Waals surface area (Å²) < 4.78 is 15.1. The summed E-state index contributed by atoms with van der Waals surface area (Å²) in [4.78, 5) is 28.6. The number of primary amides is 1. The fourth-order valence-corrected chi connectivity index (χ4v) is 4.10. The summed E-state index contributed by atoms with van der Waals surface area (Å²) in [7, 11) is 0. The number of nitrogens with zero attached hydrogens (tertiary/aromatic N) is 1. The van der Waals surface area contributed by atoms with E-state index in [4.69, 9.17) is 17.3 Å². The van der Waals surface area contributed by atoms with Gasteiger partial charge >= 0.3 is 0 Å². The first-order chi connectivity index (χ1) is 13.2. The van der Waals surface area contributed by atoms with Gasteiger partial charge in [-0.05, 0) is 45.6 Å². The number of nitrogens with one attached hydrogen (secondary N) is 2. The van der Waals surface area contributed by atoms with Crippen molar-refractivity contribution in [3.8, 4) is 11.8 Å². The Balaban J connectivity index is 2.09. The lowest BCUT2D eigenvalue weighted by molar-refractivity contribution is -0.117. The van der Waals surface area contributed by atoms with Crippen molar-refractivity contribution in [3.05, 3.63) is 28.2 Å². The summed E-state index contributed by atoms with van der Waals surface area (Å²) in [6, 6.07) is 1.14. The van der Waals surface area contributed by atoms with Gasteiger partial charge in [-0.2, -0.15) is 0 Å². The molecule has 0 saturated carbocycles. The minimum atomic E-state index is -0.734. The summed E-state index contributed by atoms with van der Waals surface area (Å²) in [6.45, 7) is 6.22. The van der Waals surface area contributed by atoms with Crippen molar-refractivity contribution < 1.29 is 14.0 Å². The fourth-order valence-electron chi connectivity index (χ4n) is 3.87. The number of aryl methyl sites for hydroxylation is 1. The first-order valence-electron chi connectivity index (χ1n) is 8.97. The van der Waals surface area contributed by atoms with Gasteiger partial charge < -0.3 is 20.9 Å². The van der Waals surface area contributed by atoms with Gasteiger partial charge in [-0.15, -0.1) is 0 Å². The largest absolute Gasteiger partial charge is 0.366 e. The second-order valence-corrected chi connectivity index (χ2v) is 7.73. The Morgan fingerprint density at radius 2 is 2.18 bits per heavy atom. The molecule has 1 aliphatic heterocycles. The average molecular weight is 405 g/mol. The number of nitrogens with two attached hydrogens (primary N) is 1. The Labute approximate surface area is 167 Å². The van der Waals surface area contributed by atoms with Gasteiger partial charge in [0.1, 0.15) is 5.82 Å². The second kappa shape index (κ2) is 7.36. The molecule has 3 rings (SSSR count). The average Bonchev–Trinajstić information content (AvgIpc) is 2.89. The molecule has 2 aromatic rings. The monoisotopic (exact) mass is 404 g/mol. The zero-order valence-electron chi connectivity index (χ0n) is 16.0. The molecule has 0 bridgehead atoms. The topological polar surface area (TPSA) is 91.2 Å². The van der Waals surface area contributed by atoms with E-state index < -0.39 is 17.3 Å². The molecule has 1 aromatic heterocycles. The van der Waals surface area contributed by atoms with Gasteiger partial charge in [0.05, 0.1) is 27.3 Å². The first-order valence-corrected chi connectivity index (χ1v) is 9.34. The third kappa shape index (κ3) is 3.52. The van der Waals surface area contributed by atoms with Crippen LogP contribution in [0.5, 0.6) is 0 Å². The molecular weight excluding hydrogens is 383 g/mol. The van der Waals surface area contributed by atoms with Gasteiger partial charge in [-0.3, -0.25) is 9.59 Å². The maximum Gasteiger partial charge on any atom is 0.296 e. The predicted molar refractivity (Wildman–Crippen MR) is 108 cm³/mol. The molecule has 0 radical (unpaired) electrons. The quantitative estimate of drug-likeness (QED) is 0.687. The van der Waals surface area contributed by atoms with Crippen LogP contribution in [-0.4, -0.2) is 35.4 Å². The van der Waals surface area contributed by atoms with Crippen molar-refractivity contribution in [1.82, 2.24) is 10.3 Å². The number of piperidine rings is 1.